The van der Waals surface area contributed by atoms with Gasteiger partial charge < -0.3 is 9.88 Å². The highest BCUT2D eigenvalue weighted by atomic mass is 32.2. The Hall–Kier alpha value is -2.49. The third kappa shape index (κ3) is 4.63. The molecule has 1 aliphatic rings. The molecule has 1 aromatic carbocycles. The molecule has 3 heterocycles. The zero-order valence-corrected chi connectivity index (χ0v) is 18.1. The number of carbonyl (C=O) groups excluding carboxylic acids is 1. The van der Waals surface area contributed by atoms with Crippen molar-refractivity contribution in [3.8, 4) is 11.3 Å². The molecule has 0 saturated carbocycles. The van der Waals surface area contributed by atoms with Crippen LogP contribution in [0.2, 0.25) is 0 Å². The van der Waals surface area contributed by atoms with Crippen molar-refractivity contribution < 1.29 is 13.2 Å². The third-order valence-electron chi connectivity index (χ3n) is 5.21. The van der Waals surface area contributed by atoms with Crippen LogP contribution in [-0.4, -0.2) is 42.3 Å². The van der Waals surface area contributed by atoms with Crippen molar-refractivity contribution in [1.82, 2.24) is 19.6 Å². The fourth-order valence-electron chi connectivity index (χ4n) is 3.71. The molecule has 158 valence electrons. The third-order valence-corrected chi connectivity index (χ3v) is 8.07. The number of piperidine rings is 1. The molecule has 0 radical (unpaired) electrons. The number of hydrogen-bond acceptors (Lipinski definition) is 5. The van der Waals surface area contributed by atoms with E-state index < -0.39 is 10.0 Å². The number of thiophene rings is 1. The summed E-state index contributed by atoms with van der Waals surface area (Å²) in [4.78, 5) is 22.6. The lowest BCUT2D eigenvalue weighted by atomic mass is 10.0. The number of nitrogens with one attached hydrogen (secondary N) is 2. The first-order valence-corrected chi connectivity index (χ1v) is 12.3. The van der Waals surface area contributed by atoms with E-state index in [1.165, 1.54) is 0 Å². The summed E-state index contributed by atoms with van der Waals surface area (Å²) in [5, 5.41) is 1.71. The van der Waals surface area contributed by atoms with Gasteiger partial charge in [-0.2, -0.15) is 0 Å². The predicted molar refractivity (Wildman–Crippen MR) is 116 cm³/mol. The second kappa shape index (κ2) is 9.11. The minimum atomic E-state index is -3.56. The van der Waals surface area contributed by atoms with E-state index in [4.69, 9.17) is 0 Å². The van der Waals surface area contributed by atoms with Gasteiger partial charge in [0.1, 0.15) is 10.0 Å². The molecule has 0 aliphatic carbocycles. The summed E-state index contributed by atoms with van der Waals surface area (Å²) < 4.78 is 27.2. The Morgan fingerprint density at radius 1 is 1.20 bits per heavy atom. The van der Waals surface area contributed by atoms with E-state index in [0.717, 1.165) is 47.7 Å². The number of likely N-dealkylation sites (tertiary alicyclic amines) is 1. The number of rotatable bonds is 7. The van der Waals surface area contributed by atoms with Gasteiger partial charge in [-0.15, -0.1) is 11.3 Å². The number of amides is 1. The van der Waals surface area contributed by atoms with E-state index in [0.29, 0.717) is 6.54 Å². The van der Waals surface area contributed by atoms with Gasteiger partial charge in [0.25, 0.3) is 0 Å². The van der Waals surface area contributed by atoms with E-state index >= 15 is 0 Å². The number of aromatic nitrogens is 2. The number of sulfonamides is 1. The molecule has 1 amide bonds. The average molecular weight is 445 g/mol. The highest BCUT2D eigenvalue weighted by Gasteiger charge is 2.30. The van der Waals surface area contributed by atoms with Crippen LogP contribution in [0.5, 0.6) is 0 Å². The van der Waals surface area contributed by atoms with Gasteiger partial charge in [-0.3, -0.25) is 4.79 Å². The van der Waals surface area contributed by atoms with Crippen molar-refractivity contribution in [3.05, 3.63) is 59.9 Å². The second-order valence-electron chi connectivity index (χ2n) is 7.23. The molecule has 0 bridgehead atoms. The molecule has 7 nitrogen and oxygen atoms in total. The summed E-state index contributed by atoms with van der Waals surface area (Å²) in [6, 6.07) is 13.1. The van der Waals surface area contributed by atoms with Crippen molar-refractivity contribution in [2.75, 3.05) is 13.1 Å². The van der Waals surface area contributed by atoms with E-state index in [1.807, 2.05) is 35.2 Å². The number of H-pyrrole nitrogens is 1. The molecule has 30 heavy (non-hydrogen) atoms. The minimum Gasteiger partial charge on any atom is -0.340 e. The lowest BCUT2D eigenvalue weighted by Crippen LogP contribution is -2.40. The van der Waals surface area contributed by atoms with Gasteiger partial charge in [0.15, 0.2) is 0 Å². The fourth-order valence-corrected chi connectivity index (χ4v) is 5.78. The number of nitrogens with zero attached hydrogens (tertiary/aromatic N) is 2. The molecule has 4 rings (SSSR count). The van der Waals surface area contributed by atoms with Gasteiger partial charge >= 0.3 is 0 Å². The summed E-state index contributed by atoms with van der Waals surface area (Å²) in [6.45, 7) is 0.734. The van der Waals surface area contributed by atoms with E-state index in [1.54, 1.807) is 23.7 Å². The molecule has 1 unspecified atom stereocenters. The Bertz CT molecular complexity index is 1080. The summed E-state index contributed by atoms with van der Waals surface area (Å²) >= 11 is 1.16. The monoisotopic (exact) mass is 444 g/mol. The molecule has 1 fully saturated rings. The highest BCUT2D eigenvalue weighted by Crippen LogP contribution is 2.31. The Labute approximate surface area is 180 Å². The number of benzene rings is 1. The van der Waals surface area contributed by atoms with Crippen LogP contribution in [0.3, 0.4) is 0 Å². The van der Waals surface area contributed by atoms with Crippen molar-refractivity contribution in [3.63, 3.8) is 0 Å². The Kier molecular flexibility index (Phi) is 6.31. The maximum atomic E-state index is 12.9. The molecule has 9 heteroatoms. The fraction of sp³-hybridized carbons (Fsp3) is 0.333. The lowest BCUT2D eigenvalue weighted by Gasteiger charge is -2.34. The first kappa shape index (κ1) is 20.8. The first-order valence-electron chi connectivity index (χ1n) is 9.97. The molecule has 2 aromatic heterocycles. The maximum Gasteiger partial charge on any atom is 0.250 e. The normalized spacial score (nSPS) is 17.2. The van der Waals surface area contributed by atoms with Gasteiger partial charge in [0.2, 0.25) is 15.9 Å². The Balaban J connectivity index is 1.41. The van der Waals surface area contributed by atoms with Crippen LogP contribution < -0.4 is 4.72 Å². The average Bonchev–Trinajstić information content (AvgIpc) is 3.47. The molecule has 1 aliphatic heterocycles. The van der Waals surface area contributed by atoms with Crippen LogP contribution in [0.1, 0.15) is 37.5 Å². The van der Waals surface area contributed by atoms with E-state index in [9.17, 15) is 13.2 Å². The Morgan fingerprint density at radius 2 is 2.03 bits per heavy atom. The number of aromatic amines is 1. The van der Waals surface area contributed by atoms with Crippen molar-refractivity contribution in [2.24, 2.45) is 0 Å². The molecular weight excluding hydrogens is 420 g/mol. The highest BCUT2D eigenvalue weighted by molar-refractivity contribution is 7.91. The van der Waals surface area contributed by atoms with Crippen molar-refractivity contribution >= 4 is 27.3 Å². The Morgan fingerprint density at radius 3 is 2.80 bits per heavy atom. The smallest absolute Gasteiger partial charge is 0.250 e. The van der Waals surface area contributed by atoms with E-state index in [2.05, 4.69) is 14.7 Å². The number of carbonyl (C=O) groups is 1. The summed E-state index contributed by atoms with van der Waals surface area (Å²) in [6.07, 6.45) is 4.73. The van der Waals surface area contributed by atoms with Crippen LogP contribution >= 0.6 is 11.3 Å². The van der Waals surface area contributed by atoms with Crippen molar-refractivity contribution in [2.45, 2.75) is 35.9 Å². The summed E-state index contributed by atoms with van der Waals surface area (Å²) in [5.41, 5.74) is 1.97. The summed E-state index contributed by atoms with van der Waals surface area (Å²) in [7, 11) is -3.56. The lowest BCUT2D eigenvalue weighted by molar-refractivity contribution is -0.135. The zero-order valence-electron chi connectivity index (χ0n) is 16.5. The van der Waals surface area contributed by atoms with E-state index in [-0.39, 0.29) is 29.1 Å². The van der Waals surface area contributed by atoms with Gasteiger partial charge in [-0.05, 0) is 36.3 Å². The van der Waals surface area contributed by atoms with Gasteiger partial charge in [-0.1, -0.05) is 36.4 Å². The molecule has 2 N–H and O–H groups in total. The van der Waals surface area contributed by atoms with Gasteiger partial charge in [-0.25, -0.2) is 18.1 Å². The van der Waals surface area contributed by atoms with Crippen LogP contribution in [-0.2, 0) is 14.8 Å². The minimum absolute atomic E-state index is 0.0637. The van der Waals surface area contributed by atoms with Crippen LogP contribution in [0.25, 0.3) is 11.3 Å². The summed E-state index contributed by atoms with van der Waals surface area (Å²) in [5.74, 6) is 0.715. The van der Waals surface area contributed by atoms with Crippen molar-refractivity contribution in [1.29, 1.82) is 0 Å². The second-order valence-corrected chi connectivity index (χ2v) is 10.2. The predicted octanol–water partition coefficient (Wildman–Crippen LogP) is 3.56. The quantitative estimate of drug-likeness (QED) is 0.582. The van der Waals surface area contributed by atoms with Crippen LogP contribution in [0.15, 0.2) is 58.3 Å². The SMILES string of the molecule is O=C(CCNS(=O)(=O)c1cccs1)N1CCCCC1c1ncc(-c2ccccc2)[nH]1. The van der Waals surface area contributed by atoms with Crippen LogP contribution in [0.4, 0.5) is 0 Å². The maximum absolute atomic E-state index is 12.9. The standard InChI is InChI=1S/C21H24N4O3S2/c26-19(11-12-23-30(27,28)20-10-6-14-29-20)25-13-5-4-9-18(25)21-22-15-17(24-21)16-7-2-1-3-8-16/h1-3,6-8,10,14-15,18,23H,4-5,9,11-13H2,(H,22,24). The largest absolute Gasteiger partial charge is 0.340 e. The van der Waals surface area contributed by atoms with Crippen LogP contribution in [0, 0.1) is 0 Å². The first-order chi connectivity index (χ1) is 14.5. The molecule has 1 saturated heterocycles. The molecular formula is C21H24N4O3S2. The zero-order chi connectivity index (χ0) is 21.0. The molecule has 1 atom stereocenters. The molecule has 0 spiro atoms. The molecule has 3 aromatic rings. The van der Waals surface area contributed by atoms with Gasteiger partial charge in [0.05, 0.1) is 17.9 Å². The number of imidazole rings is 1. The topological polar surface area (TPSA) is 95.2 Å². The number of hydrogen-bond donors (Lipinski definition) is 2. The van der Waals surface area contributed by atoms with Gasteiger partial charge in [0, 0.05) is 19.5 Å².